The lowest BCUT2D eigenvalue weighted by molar-refractivity contribution is -0.870. The van der Waals surface area contributed by atoms with Gasteiger partial charge < -0.3 is 14.8 Å². The fourth-order valence-corrected chi connectivity index (χ4v) is 2.74. The van der Waals surface area contributed by atoms with E-state index >= 15 is 0 Å². The standard InChI is InChI=1S/C12H26O4S.C6H16N.C4H7NO/c1-2-3-4-5-6-7-8-9-10-11-12-16-17(13,14)15;1-5-6-7(2,3)4;1-3(2)4(5)6/h2-12H2,1H3,(H,13,14,15);5-6H2,1-4H3;1H2,2H3,(H2,5,6)/q;+1;/p-1. The molecular weight excluding hydrogens is 404 g/mol. The van der Waals surface area contributed by atoms with Gasteiger partial charge >= 0.3 is 0 Å². The van der Waals surface area contributed by atoms with Crippen molar-refractivity contribution in [1.82, 2.24) is 0 Å². The fraction of sp³-hybridized carbons (Fsp3) is 0.864. The van der Waals surface area contributed by atoms with Crippen molar-refractivity contribution in [2.45, 2.75) is 91.4 Å². The van der Waals surface area contributed by atoms with Crippen molar-refractivity contribution in [3.05, 3.63) is 12.2 Å². The van der Waals surface area contributed by atoms with Crippen LogP contribution in [0.3, 0.4) is 0 Å². The summed E-state index contributed by atoms with van der Waals surface area (Å²) in [6, 6.07) is 0. The van der Waals surface area contributed by atoms with E-state index in [1.54, 1.807) is 6.92 Å². The van der Waals surface area contributed by atoms with Crippen LogP contribution < -0.4 is 5.73 Å². The summed E-state index contributed by atoms with van der Waals surface area (Å²) in [7, 11) is 2.15. The van der Waals surface area contributed by atoms with Gasteiger partial charge in [-0.1, -0.05) is 78.2 Å². The Hall–Kier alpha value is -0.960. The Kier molecular flexibility index (Phi) is 23.9. The second kappa shape index (κ2) is 21.3. The zero-order chi connectivity index (χ0) is 24.1. The van der Waals surface area contributed by atoms with Gasteiger partial charge in [0.05, 0.1) is 34.3 Å². The lowest BCUT2D eigenvalue weighted by Gasteiger charge is -2.22. The van der Waals surface area contributed by atoms with Crippen molar-refractivity contribution in [3.63, 3.8) is 0 Å². The normalized spacial score (nSPS) is 11.0. The molecule has 0 aromatic heterocycles. The molecule has 0 atom stereocenters. The van der Waals surface area contributed by atoms with Crippen LogP contribution in [0.1, 0.15) is 91.4 Å². The Bertz CT molecular complexity index is 502. The third-order valence-corrected chi connectivity index (χ3v) is 4.50. The second-order valence-corrected chi connectivity index (χ2v) is 9.62. The summed E-state index contributed by atoms with van der Waals surface area (Å²) in [6.07, 6.45) is 13.0. The highest BCUT2D eigenvalue weighted by molar-refractivity contribution is 7.80. The van der Waals surface area contributed by atoms with Gasteiger partial charge in [-0.3, -0.25) is 8.98 Å². The number of amides is 1. The first-order valence-corrected chi connectivity index (χ1v) is 12.5. The summed E-state index contributed by atoms with van der Waals surface area (Å²) < 4.78 is 35.6. The molecule has 0 rings (SSSR count). The fourth-order valence-electron chi connectivity index (χ4n) is 2.42. The molecule has 0 aliphatic heterocycles. The zero-order valence-corrected chi connectivity index (χ0v) is 21.2. The first-order chi connectivity index (χ1) is 13.8. The van der Waals surface area contributed by atoms with Crippen LogP contribution in [-0.2, 0) is 19.4 Å². The van der Waals surface area contributed by atoms with E-state index in [9.17, 15) is 17.8 Å². The van der Waals surface area contributed by atoms with Crippen LogP contribution in [0.2, 0.25) is 0 Å². The Morgan fingerprint density at radius 3 is 1.50 bits per heavy atom. The molecular formula is C22H48N2O5S. The van der Waals surface area contributed by atoms with E-state index in [0.717, 1.165) is 17.3 Å². The number of unbranched alkanes of at least 4 members (excludes halogenated alkanes) is 9. The highest BCUT2D eigenvalue weighted by Crippen LogP contribution is 2.10. The number of primary amides is 1. The van der Waals surface area contributed by atoms with E-state index in [2.05, 4.69) is 45.8 Å². The number of nitrogens with two attached hydrogens (primary N) is 1. The minimum absolute atomic E-state index is 0.0301. The molecule has 2 N–H and O–H groups in total. The number of carbonyl (C=O) groups excluding carboxylic acids is 1. The van der Waals surface area contributed by atoms with Crippen molar-refractivity contribution < 1.29 is 26.4 Å². The predicted molar refractivity (Wildman–Crippen MR) is 125 cm³/mol. The largest absolute Gasteiger partial charge is 0.726 e. The molecule has 0 aromatic rings. The molecule has 0 fully saturated rings. The predicted octanol–water partition coefficient (Wildman–Crippen LogP) is 4.53. The topological polar surface area (TPSA) is 110 Å². The van der Waals surface area contributed by atoms with Crippen molar-refractivity contribution >= 4 is 16.3 Å². The Balaban J connectivity index is -0.000000459. The van der Waals surface area contributed by atoms with Gasteiger partial charge in [0.15, 0.2) is 0 Å². The van der Waals surface area contributed by atoms with Crippen LogP contribution in [0.4, 0.5) is 0 Å². The lowest BCUT2D eigenvalue weighted by Crippen LogP contribution is -2.34. The summed E-state index contributed by atoms with van der Waals surface area (Å²) in [5, 5.41) is 0. The first kappa shape index (κ1) is 33.7. The number of rotatable bonds is 15. The summed E-state index contributed by atoms with van der Waals surface area (Å²) >= 11 is 0. The monoisotopic (exact) mass is 452 g/mol. The van der Waals surface area contributed by atoms with E-state index in [1.165, 1.54) is 57.9 Å². The third-order valence-electron chi connectivity index (χ3n) is 4.04. The van der Waals surface area contributed by atoms with Crippen LogP contribution in [0, 0.1) is 0 Å². The Morgan fingerprint density at radius 1 is 0.900 bits per heavy atom. The van der Waals surface area contributed by atoms with Gasteiger partial charge in [-0.2, -0.15) is 0 Å². The molecule has 0 unspecified atom stereocenters. The Labute approximate surface area is 186 Å². The summed E-state index contributed by atoms with van der Waals surface area (Å²) in [5.74, 6) is -0.435. The number of nitrogens with zero attached hydrogens (tertiary/aromatic N) is 1. The molecule has 0 heterocycles. The molecule has 0 aromatic carbocycles. The quantitative estimate of drug-likeness (QED) is 0.129. The van der Waals surface area contributed by atoms with Crippen LogP contribution in [-0.4, -0.2) is 57.7 Å². The molecule has 1 amide bonds. The summed E-state index contributed by atoms with van der Waals surface area (Å²) in [5.41, 5.74) is 5.09. The Morgan fingerprint density at radius 2 is 1.27 bits per heavy atom. The molecule has 0 spiro atoms. The smallest absolute Gasteiger partial charge is 0.243 e. The number of hydrogen-bond donors (Lipinski definition) is 1. The lowest BCUT2D eigenvalue weighted by atomic mass is 10.1. The van der Waals surface area contributed by atoms with Crippen LogP contribution in [0.5, 0.6) is 0 Å². The van der Waals surface area contributed by atoms with Gasteiger partial charge in [0, 0.05) is 5.57 Å². The van der Waals surface area contributed by atoms with Crippen LogP contribution in [0.15, 0.2) is 12.2 Å². The van der Waals surface area contributed by atoms with Gasteiger partial charge in [0.2, 0.25) is 16.3 Å². The van der Waals surface area contributed by atoms with Crippen molar-refractivity contribution in [2.75, 3.05) is 34.3 Å². The molecule has 0 saturated carbocycles. The molecule has 8 heteroatoms. The molecule has 0 radical (unpaired) electrons. The zero-order valence-electron chi connectivity index (χ0n) is 20.4. The van der Waals surface area contributed by atoms with E-state index in [0.29, 0.717) is 12.0 Å². The van der Waals surface area contributed by atoms with Crippen LogP contribution in [0.25, 0.3) is 0 Å². The minimum atomic E-state index is -4.48. The maximum Gasteiger partial charge on any atom is 0.243 e. The second-order valence-electron chi connectivity index (χ2n) is 8.57. The van der Waals surface area contributed by atoms with Gasteiger partial charge in [0.25, 0.3) is 0 Å². The molecule has 0 aliphatic carbocycles. The number of hydrogen-bond acceptors (Lipinski definition) is 5. The van der Waals surface area contributed by atoms with Crippen molar-refractivity contribution in [1.29, 1.82) is 0 Å². The van der Waals surface area contributed by atoms with Crippen molar-refractivity contribution in [2.24, 2.45) is 5.73 Å². The van der Waals surface area contributed by atoms with Crippen LogP contribution >= 0.6 is 0 Å². The molecule has 0 saturated heterocycles. The number of carbonyl (C=O) groups is 1. The molecule has 182 valence electrons. The molecule has 0 bridgehead atoms. The van der Waals surface area contributed by atoms with Gasteiger partial charge in [0.1, 0.15) is 0 Å². The first-order valence-electron chi connectivity index (χ1n) is 11.1. The third kappa shape index (κ3) is 41.4. The molecule has 30 heavy (non-hydrogen) atoms. The molecule has 7 nitrogen and oxygen atoms in total. The summed E-state index contributed by atoms with van der Waals surface area (Å²) in [6.45, 7) is 10.6. The minimum Gasteiger partial charge on any atom is -0.726 e. The highest BCUT2D eigenvalue weighted by atomic mass is 32.3. The maximum atomic E-state index is 10.1. The molecule has 0 aliphatic rings. The van der Waals surface area contributed by atoms with Crippen molar-refractivity contribution in [3.8, 4) is 0 Å². The number of quaternary nitrogens is 1. The van der Waals surface area contributed by atoms with E-state index in [-0.39, 0.29) is 6.61 Å². The van der Waals surface area contributed by atoms with Gasteiger partial charge in [-0.15, -0.1) is 0 Å². The van der Waals surface area contributed by atoms with E-state index in [4.69, 9.17) is 5.73 Å². The summed E-state index contributed by atoms with van der Waals surface area (Å²) in [4.78, 5) is 9.82. The van der Waals surface area contributed by atoms with E-state index < -0.39 is 16.3 Å². The maximum absolute atomic E-state index is 10.1. The SMILES string of the molecule is C=C(C)C(N)=O.CCCCCCCCCCCCOS(=O)(=O)[O-].CCC[N+](C)(C)C. The van der Waals surface area contributed by atoms with E-state index in [1.807, 2.05) is 0 Å². The average Bonchev–Trinajstić information content (AvgIpc) is 2.58. The highest BCUT2D eigenvalue weighted by Gasteiger charge is 2.01. The average molecular weight is 453 g/mol. The van der Waals surface area contributed by atoms with Gasteiger partial charge in [-0.05, 0) is 19.8 Å². The van der Waals surface area contributed by atoms with Gasteiger partial charge in [-0.25, -0.2) is 8.42 Å².